The number of halogens is 16. The van der Waals surface area contributed by atoms with Gasteiger partial charge < -0.3 is 28.2 Å². The molecule has 0 radical (unpaired) electrons. The van der Waals surface area contributed by atoms with E-state index in [9.17, 15) is 48.3 Å². The Bertz CT molecular complexity index is 5840. The first kappa shape index (κ1) is 114. The Hall–Kier alpha value is -11.7. The monoisotopic (exact) mass is 1980 g/mol. The second-order valence-electron chi connectivity index (χ2n) is 32.0. The van der Waals surface area contributed by atoms with Crippen molar-refractivity contribution in [3.8, 4) is 68.6 Å². The normalized spacial score (nSPS) is 11.2. The lowest BCUT2D eigenvalue weighted by Gasteiger charge is -2.16. The van der Waals surface area contributed by atoms with E-state index in [0.29, 0.717) is 100 Å². The summed E-state index contributed by atoms with van der Waals surface area (Å²) in [5.41, 5.74) is 9.43. The summed E-state index contributed by atoms with van der Waals surface area (Å²) in [5.74, 6) is 5.39. The summed E-state index contributed by atoms with van der Waals surface area (Å²) in [5, 5.41) is 45.6. The average Bonchev–Trinajstić information content (AvgIpc) is 1.76. The van der Waals surface area contributed by atoms with E-state index >= 15 is 0 Å². The fourth-order valence-corrected chi connectivity index (χ4v) is 13.9. The highest BCUT2D eigenvalue weighted by Gasteiger charge is 2.37. The summed E-state index contributed by atoms with van der Waals surface area (Å²) in [6.07, 6.45) is 1.91. The van der Waals surface area contributed by atoms with Crippen molar-refractivity contribution < 1.29 is 76.5 Å². The van der Waals surface area contributed by atoms with Gasteiger partial charge in [-0.2, -0.15) is 93.5 Å². The number of benzene rings is 8. The minimum Gasteiger partial charge on any atom is -0.496 e. The standard InChI is InChI=1S/C13H16N2O.2C12H14ClN3O.2C12H12F3N3.C11H11Cl2N3.C11H15ClO2.C11H11F5O.2CH4/c1-8(2)11-5-9(3)6-12(7-11)13-14-10(4)16-15-13;1-8(2)9-6-10(13)11(7-12(9)17-3)16-5-4-14-15-16;1-8(2)9-6-10(13)11(7-12(9)17-3)16-14-4-5-15-16;1-8(2)9-5-10(12(13,14)15)7-11(6-9)18-16-3-4-17-18;1-8(2)9-3-4-11(18-16-5-6-17-18)10(7-9)12(13,14)15;1-7(2)8-5-9(12)11(10(13)6-8)16-4-3-14-15-16;1-7(2)8-5-9(12)11(14-4)6-10(8)13-3;1-6(2)7-3-4-9(17-10(12)13)8(5-7)11(14,15)16;;/h5-8H,1-4H3;2*4-8H,1-3H3;2*3-8H,1-2H3;3-7H,1-2H3;5-7H,1-4H3;3-6,10H,1-2H3;2*1H4. The molecule has 0 spiro atoms. The topological polar surface area (TPSA) is 239 Å². The van der Waals surface area contributed by atoms with Gasteiger partial charge in [0.2, 0.25) is 11.7 Å². The molecule has 0 saturated heterocycles. The van der Waals surface area contributed by atoms with E-state index in [0.717, 1.165) is 91.6 Å². The van der Waals surface area contributed by atoms with E-state index in [1.165, 1.54) is 57.6 Å². The first-order valence-electron chi connectivity index (χ1n) is 41.5. The molecule has 6 heterocycles. The Morgan fingerprint density at radius 2 is 0.763 bits per heavy atom. The minimum absolute atomic E-state index is 0. The highest BCUT2D eigenvalue weighted by molar-refractivity contribution is 6.38. The van der Waals surface area contributed by atoms with Crippen molar-refractivity contribution >= 4 is 58.0 Å². The summed E-state index contributed by atoms with van der Waals surface area (Å²) < 4.78 is 172. The Labute approximate surface area is 804 Å². The number of methoxy groups -OCH3 is 4. The van der Waals surface area contributed by atoms with E-state index in [1.807, 2.05) is 76.2 Å². The number of aromatic nitrogens is 17. The van der Waals surface area contributed by atoms with Crippen LogP contribution >= 0.6 is 58.0 Å². The van der Waals surface area contributed by atoms with E-state index in [-0.39, 0.29) is 38.3 Å². The molecule has 0 saturated carbocycles. The highest BCUT2D eigenvalue weighted by atomic mass is 35.5. The van der Waals surface area contributed by atoms with Crippen molar-refractivity contribution in [3.63, 3.8) is 0 Å². The van der Waals surface area contributed by atoms with Crippen LogP contribution in [-0.4, -0.2) is 120 Å². The first-order valence-corrected chi connectivity index (χ1v) is 43.4. The molecule has 0 unspecified atom stereocenters. The summed E-state index contributed by atoms with van der Waals surface area (Å²) in [4.78, 5) is 7.89. The SMILES string of the molecule is C.C.CC(C)c1cc(-n2nccn2)cc(C(F)(F)F)c1.CC(C)c1cc(Cl)c(-n2ccnn2)c(Cl)c1.CC(C)c1ccc(-n2nccn2)c(C(F)(F)F)c1.CC(C)c1ccc(OC(F)F)c(C(F)(F)F)c1.COc1cc(-n2ccnn2)c(Cl)cc1C(C)C.COc1cc(-n2nccn2)c(Cl)cc1C(C)C.COc1cc(OC)c(C(C)C)cc1Cl.Cc1cc(-c2noc(C)n2)cc(C(C)C)c1. The number of hydrogen-bond donors (Lipinski definition) is 0. The van der Waals surface area contributed by atoms with Gasteiger partial charge in [-0.1, -0.05) is 223 Å². The molecule has 0 fully saturated rings. The number of hydrogen-bond acceptors (Lipinski definition) is 18. The number of alkyl halides is 11. The Balaban J connectivity index is 0.000000272. The second-order valence-corrected chi connectivity index (χ2v) is 34.1. The van der Waals surface area contributed by atoms with Crippen LogP contribution in [0.5, 0.6) is 28.7 Å². The van der Waals surface area contributed by atoms with Crippen molar-refractivity contribution in [2.75, 3.05) is 28.4 Å². The van der Waals surface area contributed by atoms with Crippen molar-refractivity contribution in [2.45, 2.75) is 212 Å². The minimum atomic E-state index is -4.71. The van der Waals surface area contributed by atoms with Crippen LogP contribution in [0.1, 0.15) is 246 Å². The number of aryl methyl sites for hydroxylation is 2. The summed E-state index contributed by atoms with van der Waals surface area (Å²) in [6, 6.07) is 32.7. The molecular formula is C96H113Cl5F11N17O6. The van der Waals surface area contributed by atoms with E-state index in [2.05, 4.69) is 160 Å². The second kappa shape index (κ2) is 51.8. The molecule has 14 rings (SSSR count). The lowest BCUT2D eigenvalue weighted by molar-refractivity contribution is -0.142. The molecule has 14 aromatic rings. The van der Waals surface area contributed by atoms with E-state index in [4.69, 9.17) is 81.5 Å². The zero-order chi connectivity index (χ0) is 98.8. The smallest absolute Gasteiger partial charge is 0.419 e. The molecule has 0 aliphatic carbocycles. The Morgan fingerprint density at radius 1 is 0.356 bits per heavy atom. The number of nitrogens with zero attached hydrogens (tertiary/aromatic N) is 17. The van der Waals surface area contributed by atoms with Crippen molar-refractivity contribution in [3.05, 3.63) is 281 Å². The van der Waals surface area contributed by atoms with Crippen LogP contribution in [0.4, 0.5) is 48.3 Å². The quantitative estimate of drug-likeness (QED) is 0.0644. The maximum atomic E-state index is 13.0. The lowest BCUT2D eigenvalue weighted by atomic mass is 9.98. The molecule has 0 aliphatic rings. The molecule has 135 heavy (non-hydrogen) atoms. The third kappa shape index (κ3) is 32.8. The molecule has 23 nitrogen and oxygen atoms in total. The first-order chi connectivity index (χ1) is 62.5. The Morgan fingerprint density at radius 3 is 1.18 bits per heavy atom. The highest BCUT2D eigenvalue weighted by Crippen LogP contribution is 2.43. The molecule has 39 heteroatoms. The molecule has 8 aromatic carbocycles. The van der Waals surface area contributed by atoms with Crippen LogP contribution < -0.4 is 23.7 Å². The number of ether oxygens (including phenoxy) is 5. The molecule has 0 amide bonds. The van der Waals surface area contributed by atoms with Gasteiger partial charge in [0.25, 0.3) is 0 Å². The van der Waals surface area contributed by atoms with Crippen LogP contribution in [-0.2, 0) is 18.5 Å². The fraction of sp³-hybridized carbons (Fsp3) is 0.375. The van der Waals surface area contributed by atoms with Gasteiger partial charge in [0.15, 0.2) is 0 Å². The fourth-order valence-electron chi connectivity index (χ4n) is 12.4. The van der Waals surface area contributed by atoms with Gasteiger partial charge in [-0.3, -0.25) is 0 Å². The maximum absolute atomic E-state index is 13.0. The van der Waals surface area contributed by atoms with Crippen LogP contribution in [0, 0.1) is 13.8 Å². The van der Waals surface area contributed by atoms with Crippen LogP contribution in [0.15, 0.2) is 188 Å². The Kier molecular flexibility index (Phi) is 43.7. The van der Waals surface area contributed by atoms with E-state index < -0.39 is 47.6 Å². The number of rotatable bonds is 20. The molecule has 0 bridgehead atoms. The molecule has 0 aliphatic heterocycles. The summed E-state index contributed by atoms with van der Waals surface area (Å²) in [7, 11) is 6.54. The third-order valence-electron chi connectivity index (χ3n) is 19.6. The van der Waals surface area contributed by atoms with Gasteiger partial charge in [-0.25, -0.2) is 9.36 Å². The van der Waals surface area contributed by atoms with Gasteiger partial charge >= 0.3 is 25.1 Å². The summed E-state index contributed by atoms with van der Waals surface area (Å²) >= 11 is 30.9. The predicted molar refractivity (Wildman–Crippen MR) is 508 cm³/mol. The molecule has 6 aromatic heterocycles. The molecule has 0 N–H and O–H groups in total. The van der Waals surface area contributed by atoms with Crippen LogP contribution in [0.3, 0.4) is 0 Å². The van der Waals surface area contributed by atoms with Gasteiger partial charge in [0, 0.05) is 30.7 Å². The van der Waals surface area contributed by atoms with Gasteiger partial charge in [-0.15, -0.1) is 15.0 Å². The van der Waals surface area contributed by atoms with Crippen molar-refractivity contribution in [2.24, 2.45) is 0 Å². The molecule has 0 atom stereocenters. The molecule has 730 valence electrons. The predicted octanol–water partition coefficient (Wildman–Crippen LogP) is 29.3. The lowest BCUT2D eigenvalue weighted by Crippen LogP contribution is -2.13. The third-order valence-corrected chi connectivity index (χ3v) is 21.1. The van der Waals surface area contributed by atoms with Crippen LogP contribution in [0.2, 0.25) is 25.1 Å². The van der Waals surface area contributed by atoms with Gasteiger partial charge in [0.1, 0.15) is 40.1 Å². The molecular weight excluding hydrogens is 1870 g/mol. The summed E-state index contributed by atoms with van der Waals surface area (Å²) in [6.45, 7) is 32.6. The van der Waals surface area contributed by atoms with Crippen molar-refractivity contribution in [1.29, 1.82) is 0 Å². The maximum Gasteiger partial charge on any atom is 0.419 e. The van der Waals surface area contributed by atoms with Gasteiger partial charge in [0.05, 0.1) is 149 Å². The van der Waals surface area contributed by atoms with E-state index in [1.54, 1.807) is 108 Å². The zero-order valence-electron chi connectivity index (χ0n) is 77.1. The largest absolute Gasteiger partial charge is 0.496 e. The zero-order valence-corrected chi connectivity index (χ0v) is 80.9. The van der Waals surface area contributed by atoms with Crippen LogP contribution in [0.25, 0.3) is 39.8 Å². The average molecular weight is 1990 g/mol. The van der Waals surface area contributed by atoms with Crippen molar-refractivity contribution in [1.82, 2.24) is 85.1 Å². The van der Waals surface area contributed by atoms with Gasteiger partial charge in [-0.05, 0) is 184 Å².